The third kappa shape index (κ3) is 3.55. The first-order chi connectivity index (χ1) is 8.28. The molecule has 1 rings (SSSR count). The summed E-state index contributed by atoms with van der Waals surface area (Å²) in [5.41, 5.74) is 5.73. The Hall–Kier alpha value is -0.880. The molecule has 0 radical (unpaired) electrons. The Balaban J connectivity index is 2.83. The van der Waals surface area contributed by atoms with Crippen LogP contribution in [0.4, 0.5) is 0 Å². The fourth-order valence-corrected chi connectivity index (χ4v) is 3.80. The van der Waals surface area contributed by atoms with Gasteiger partial charge in [0.05, 0.1) is 17.4 Å². The number of carbonyl (C=O) groups is 1. The number of nitrogens with zero attached hydrogens (tertiary/aromatic N) is 1. The van der Waals surface area contributed by atoms with Crippen LogP contribution in [0.3, 0.4) is 0 Å². The highest BCUT2D eigenvalue weighted by molar-refractivity contribution is 7.91. The molecule has 2 N–H and O–H groups in total. The van der Waals surface area contributed by atoms with E-state index in [4.69, 9.17) is 5.73 Å². The number of nitrogens with two attached hydrogens (primary N) is 1. The van der Waals surface area contributed by atoms with Gasteiger partial charge >= 0.3 is 0 Å². The molecule has 0 bridgehead atoms. The number of hydrogen-bond donors (Lipinski definition) is 1. The second-order valence-corrected chi connectivity index (χ2v) is 7.21. The summed E-state index contributed by atoms with van der Waals surface area (Å²) in [4.78, 5) is 13.9. The molecule has 0 saturated carbocycles. The minimum Gasteiger partial charge on any atom is -0.335 e. The molecule has 1 fully saturated rings. The molecule has 6 heteroatoms. The van der Waals surface area contributed by atoms with Crippen molar-refractivity contribution in [2.24, 2.45) is 11.7 Å². The van der Waals surface area contributed by atoms with E-state index in [0.717, 1.165) is 0 Å². The lowest BCUT2D eigenvalue weighted by Crippen LogP contribution is -2.47. The summed E-state index contributed by atoms with van der Waals surface area (Å²) < 4.78 is 23.0. The second kappa shape index (κ2) is 5.84. The highest BCUT2D eigenvalue weighted by Crippen LogP contribution is 2.20. The minimum atomic E-state index is -3.00. The zero-order chi connectivity index (χ0) is 13.9. The van der Waals surface area contributed by atoms with Gasteiger partial charge in [-0.05, 0) is 13.3 Å². The molecule has 0 spiro atoms. The Kier molecular flexibility index (Phi) is 4.92. The highest BCUT2D eigenvalue weighted by atomic mass is 32.2. The van der Waals surface area contributed by atoms with E-state index in [2.05, 4.69) is 6.58 Å². The first-order valence-corrected chi connectivity index (χ1v) is 7.98. The van der Waals surface area contributed by atoms with Crippen molar-refractivity contribution in [3.05, 3.63) is 12.7 Å². The van der Waals surface area contributed by atoms with Gasteiger partial charge in [-0.2, -0.15) is 0 Å². The van der Waals surface area contributed by atoms with Crippen LogP contribution in [0.25, 0.3) is 0 Å². The lowest BCUT2D eigenvalue weighted by atomic mass is 10.0. The van der Waals surface area contributed by atoms with E-state index in [-0.39, 0.29) is 35.4 Å². The monoisotopic (exact) mass is 274 g/mol. The van der Waals surface area contributed by atoms with Gasteiger partial charge in [0.15, 0.2) is 9.84 Å². The van der Waals surface area contributed by atoms with E-state index < -0.39 is 9.84 Å². The average molecular weight is 274 g/mol. The molecule has 104 valence electrons. The van der Waals surface area contributed by atoms with Gasteiger partial charge in [-0.15, -0.1) is 6.58 Å². The van der Waals surface area contributed by atoms with Crippen LogP contribution in [0, 0.1) is 5.92 Å². The SMILES string of the molecule is C=CCN(C(=O)C(C)C(C)N)C1CCS(=O)(=O)C1. The van der Waals surface area contributed by atoms with E-state index in [1.165, 1.54) is 0 Å². The van der Waals surface area contributed by atoms with Crippen LogP contribution in [-0.4, -0.2) is 49.4 Å². The van der Waals surface area contributed by atoms with E-state index in [1.54, 1.807) is 24.8 Å². The van der Waals surface area contributed by atoms with Crippen molar-refractivity contribution >= 4 is 15.7 Å². The second-order valence-electron chi connectivity index (χ2n) is 4.98. The summed E-state index contributed by atoms with van der Waals surface area (Å²) in [6, 6.07) is -0.482. The van der Waals surface area contributed by atoms with Crippen molar-refractivity contribution < 1.29 is 13.2 Å². The van der Waals surface area contributed by atoms with Gasteiger partial charge in [-0.25, -0.2) is 8.42 Å². The summed E-state index contributed by atoms with van der Waals surface area (Å²) in [5.74, 6) is -0.191. The van der Waals surface area contributed by atoms with Crippen LogP contribution in [0.1, 0.15) is 20.3 Å². The third-order valence-electron chi connectivity index (χ3n) is 3.44. The first-order valence-electron chi connectivity index (χ1n) is 6.16. The van der Waals surface area contributed by atoms with Gasteiger partial charge in [-0.3, -0.25) is 4.79 Å². The molecule has 18 heavy (non-hydrogen) atoms. The van der Waals surface area contributed by atoms with Crippen molar-refractivity contribution in [2.45, 2.75) is 32.4 Å². The van der Waals surface area contributed by atoms with Crippen molar-refractivity contribution in [3.8, 4) is 0 Å². The minimum absolute atomic E-state index is 0.0538. The third-order valence-corrected chi connectivity index (χ3v) is 5.19. The van der Waals surface area contributed by atoms with Gasteiger partial charge in [-0.1, -0.05) is 13.0 Å². The Morgan fingerprint density at radius 2 is 2.17 bits per heavy atom. The zero-order valence-corrected chi connectivity index (χ0v) is 11.8. The van der Waals surface area contributed by atoms with Crippen LogP contribution >= 0.6 is 0 Å². The maximum Gasteiger partial charge on any atom is 0.227 e. The number of hydrogen-bond acceptors (Lipinski definition) is 4. The predicted molar refractivity (Wildman–Crippen MR) is 71.8 cm³/mol. The molecule has 5 nitrogen and oxygen atoms in total. The Morgan fingerprint density at radius 3 is 2.56 bits per heavy atom. The lowest BCUT2D eigenvalue weighted by Gasteiger charge is -2.30. The Bertz CT molecular complexity index is 417. The van der Waals surface area contributed by atoms with Gasteiger partial charge < -0.3 is 10.6 Å². The molecule has 0 aromatic heterocycles. The molecule has 0 aromatic rings. The van der Waals surface area contributed by atoms with Crippen molar-refractivity contribution in [2.75, 3.05) is 18.1 Å². The van der Waals surface area contributed by atoms with E-state index in [1.807, 2.05) is 0 Å². The smallest absolute Gasteiger partial charge is 0.227 e. The van der Waals surface area contributed by atoms with Crippen molar-refractivity contribution in [3.63, 3.8) is 0 Å². The summed E-state index contributed by atoms with van der Waals surface area (Å²) in [7, 11) is -3.00. The predicted octanol–water partition coefficient (Wildman–Crippen LogP) is 0.171. The zero-order valence-electron chi connectivity index (χ0n) is 11.0. The molecule has 1 aliphatic heterocycles. The molecule has 1 aliphatic rings. The largest absolute Gasteiger partial charge is 0.335 e. The van der Waals surface area contributed by atoms with Crippen molar-refractivity contribution in [1.29, 1.82) is 0 Å². The molecule has 0 aliphatic carbocycles. The number of carbonyl (C=O) groups excluding carboxylic acids is 1. The molecule has 1 saturated heterocycles. The topological polar surface area (TPSA) is 80.5 Å². The van der Waals surface area contributed by atoms with Gasteiger partial charge in [0.1, 0.15) is 0 Å². The quantitative estimate of drug-likeness (QED) is 0.725. The summed E-state index contributed by atoms with van der Waals surface area (Å²) >= 11 is 0. The van der Waals surface area contributed by atoms with Gasteiger partial charge in [0, 0.05) is 18.6 Å². The maximum atomic E-state index is 12.3. The summed E-state index contributed by atoms with van der Waals surface area (Å²) in [6.45, 7) is 7.54. The fraction of sp³-hybridized carbons (Fsp3) is 0.750. The van der Waals surface area contributed by atoms with E-state index in [9.17, 15) is 13.2 Å². The number of sulfone groups is 1. The molecular weight excluding hydrogens is 252 g/mol. The van der Waals surface area contributed by atoms with Crippen LogP contribution < -0.4 is 5.73 Å². The van der Waals surface area contributed by atoms with Crippen molar-refractivity contribution in [1.82, 2.24) is 4.90 Å². The van der Waals surface area contributed by atoms with E-state index >= 15 is 0 Å². The molecule has 1 amide bonds. The average Bonchev–Trinajstić information content (AvgIpc) is 2.64. The van der Waals surface area contributed by atoms with Crippen LogP contribution in [0.15, 0.2) is 12.7 Å². The molecule has 1 heterocycles. The molecular formula is C12H22N2O3S. The Labute approximate surface area is 109 Å². The van der Waals surface area contributed by atoms with Gasteiger partial charge in [0.25, 0.3) is 0 Å². The molecule has 3 atom stereocenters. The number of amides is 1. The normalized spacial score (nSPS) is 25.4. The molecule has 0 aromatic carbocycles. The van der Waals surface area contributed by atoms with E-state index in [0.29, 0.717) is 13.0 Å². The highest BCUT2D eigenvalue weighted by Gasteiger charge is 2.35. The lowest BCUT2D eigenvalue weighted by molar-refractivity contribution is -0.136. The van der Waals surface area contributed by atoms with Crippen LogP contribution in [0.5, 0.6) is 0 Å². The van der Waals surface area contributed by atoms with Gasteiger partial charge in [0.2, 0.25) is 5.91 Å². The number of rotatable bonds is 5. The summed E-state index contributed by atoms with van der Waals surface area (Å²) in [6.07, 6.45) is 2.13. The molecule has 3 unspecified atom stereocenters. The maximum absolute atomic E-state index is 12.3. The van der Waals surface area contributed by atoms with Crippen LogP contribution in [0.2, 0.25) is 0 Å². The van der Waals surface area contributed by atoms with Crippen LogP contribution in [-0.2, 0) is 14.6 Å². The summed E-state index contributed by atoms with van der Waals surface area (Å²) in [5, 5.41) is 0. The Morgan fingerprint density at radius 1 is 1.56 bits per heavy atom. The fourth-order valence-electron chi connectivity index (χ4n) is 2.07. The standard InChI is InChI=1S/C12H22N2O3S/c1-4-6-14(12(15)9(2)10(3)13)11-5-7-18(16,17)8-11/h4,9-11H,1,5-8,13H2,2-3H3. The first kappa shape index (κ1) is 15.2.